The van der Waals surface area contributed by atoms with E-state index < -0.39 is 10.7 Å². The van der Waals surface area contributed by atoms with E-state index in [1.165, 1.54) is 6.07 Å². The molecule has 0 bridgehead atoms. The lowest BCUT2D eigenvalue weighted by Crippen LogP contribution is -2.02. The Bertz CT molecular complexity index is 370. The fourth-order valence-corrected chi connectivity index (χ4v) is 1.13. The second kappa shape index (κ2) is 6.02. The summed E-state index contributed by atoms with van der Waals surface area (Å²) in [5, 5.41) is 10.4. The molecule has 0 aliphatic rings. The van der Waals surface area contributed by atoms with Gasteiger partial charge in [-0.25, -0.2) is 4.39 Å². The minimum atomic E-state index is -0.684. The Morgan fingerprint density at radius 2 is 2.12 bits per heavy atom. The largest absolute Gasteiger partial charge is 0.493 e. The molecule has 0 N–H and O–H groups in total. The zero-order valence-electron chi connectivity index (χ0n) is 8.81. The highest BCUT2D eigenvalue weighted by Gasteiger charge is 2.10. The lowest BCUT2D eigenvalue weighted by atomic mass is 10.3. The van der Waals surface area contributed by atoms with Crippen LogP contribution in [-0.4, -0.2) is 25.2 Å². The first-order valence-electron chi connectivity index (χ1n) is 4.70. The van der Waals surface area contributed by atoms with Gasteiger partial charge in [-0.3, -0.25) is 10.1 Å². The number of methoxy groups -OCH3 is 1. The first-order valence-corrected chi connectivity index (χ1v) is 4.70. The number of hydrogen-bond acceptors (Lipinski definition) is 4. The van der Waals surface area contributed by atoms with Gasteiger partial charge in [0.1, 0.15) is 11.6 Å². The highest BCUT2D eigenvalue weighted by Crippen LogP contribution is 2.21. The van der Waals surface area contributed by atoms with Crippen molar-refractivity contribution in [3.63, 3.8) is 0 Å². The van der Waals surface area contributed by atoms with Crippen molar-refractivity contribution in [1.29, 1.82) is 0 Å². The van der Waals surface area contributed by atoms with Gasteiger partial charge in [0.2, 0.25) is 0 Å². The van der Waals surface area contributed by atoms with Crippen molar-refractivity contribution >= 4 is 5.69 Å². The maximum Gasteiger partial charge on any atom is 0.276 e. The Balaban J connectivity index is 2.62. The summed E-state index contributed by atoms with van der Waals surface area (Å²) in [6.07, 6.45) is 0.640. The van der Waals surface area contributed by atoms with Gasteiger partial charge in [0.15, 0.2) is 0 Å². The normalized spacial score (nSPS) is 10.1. The molecule has 0 saturated heterocycles. The molecule has 1 aromatic carbocycles. The highest BCUT2D eigenvalue weighted by atomic mass is 19.1. The first kappa shape index (κ1) is 12.4. The fourth-order valence-electron chi connectivity index (χ4n) is 1.13. The van der Waals surface area contributed by atoms with Crippen LogP contribution in [0.4, 0.5) is 10.1 Å². The predicted molar refractivity (Wildman–Crippen MR) is 55.0 cm³/mol. The van der Waals surface area contributed by atoms with E-state index in [9.17, 15) is 14.5 Å². The summed E-state index contributed by atoms with van der Waals surface area (Å²) in [5.41, 5.74) is -0.318. The van der Waals surface area contributed by atoms with Crippen LogP contribution in [0.25, 0.3) is 0 Å². The molecule has 0 saturated carbocycles. The number of hydrogen-bond donors (Lipinski definition) is 0. The van der Waals surface area contributed by atoms with Crippen LogP contribution in [0.15, 0.2) is 18.2 Å². The molecule has 0 unspecified atom stereocenters. The van der Waals surface area contributed by atoms with E-state index in [1.54, 1.807) is 7.11 Å². The molecule has 0 aliphatic carbocycles. The van der Waals surface area contributed by atoms with Gasteiger partial charge in [-0.1, -0.05) is 0 Å². The summed E-state index contributed by atoms with van der Waals surface area (Å²) in [6, 6.07) is 3.15. The lowest BCUT2D eigenvalue weighted by molar-refractivity contribution is -0.385. The molecule has 0 radical (unpaired) electrons. The third-order valence-electron chi connectivity index (χ3n) is 1.83. The van der Waals surface area contributed by atoms with Crippen LogP contribution in [-0.2, 0) is 4.74 Å². The van der Waals surface area contributed by atoms with E-state index in [0.29, 0.717) is 19.6 Å². The predicted octanol–water partition coefficient (Wildman–Crippen LogP) is 2.15. The maximum atomic E-state index is 13.0. The summed E-state index contributed by atoms with van der Waals surface area (Å²) in [6.45, 7) is 0.853. The molecule has 5 nitrogen and oxygen atoms in total. The molecule has 1 aromatic rings. The number of rotatable bonds is 6. The monoisotopic (exact) mass is 229 g/mol. The van der Waals surface area contributed by atoms with Crippen molar-refractivity contribution in [3.8, 4) is 5.75 Å². The van der Waals surface area contributed by atoms with Crippen molar-refractivity contribution < 1.29 is 18.8 Å². The van der Waals surface area contributed by atoms with Gasteiger partial charge < -0.3 is 9.47 Å². The van der Waals surface area contributed by atoms with E-state index in [4.69, 9.17) is 9.47 Å². The molecule has 0 spiro atoms. The minimum Gasteiger partial charge on any atom is -0.493 e. The third-order valence-corrected chi connectivity index (χ3v) is 1.83. The molecule has 88 valence electrons. The number of halogens is 1. The second-order valence-corrected chi connectivity index (χ2v) is 3.10. The summed E-state index contributed by atoms with van der Waals surface area (Å²) < 4.78 is 22.9. The van der Waals surface area contributed by atoms with Gasteiger partial charge in [-0.05, 0) is 0 Å². The van der Waals surface area contributed by atoms with Crippen LogP contribution < -0.4 is 4.74 Å². The summed E-state index contributed by atoms with van der Waals surface area (Å²) in [7, 11) is 1.56. The maximum absolute atomic E-state index is 13.0. The molecule has 0 atom stereocenters. The zero-order valence-corrected chi connectivity index (χ0v) is 8.81. The van der Waals surface area contributed by atoms with Crippen LogP contribution in [0.5, 0.6) is 5.75 Å². The topological polar surface area (TPSA) is 61.6 Å². The van der Waals surface area contributed by atoms with Crippen LogP contribution in [0.2, 0.25) is 0 Å². The molecular formula is C10H12FNO4. The van der Waals surface area contributed by atoms with Crippen molar-refractivity contribution in [1.82, 2.24) is 0 Å². The van der Waals surface area contributed by atoms with Gasteiger partial charge in [-0.15, -0.1) is 0 Å². The van der Waals surface area contributed by atoms with Crippen LogP contribution >= 0.6 is 0 Å². The average Bonchev–Trinajstić information content (AvgIpc) is 2.23. The average molecular weight is 229 g/mol. The van der Waals surface area contributed by atoms with Crippen LogP contribution in [0, 0.1) is 15.9 Å². The summed E-state index contributed by atoms with van der Waals surface area (Å²) >= 11 is 0. The molecule has 1 rings (SSSR count). The van der Waals surface area contributed by atoms with Crippen LogP contribution in [0.3, 0.4) is 0 Å². The molecule has 0 heterocycles. The Kier molecular flexibility index (Phi) is 4.65. The van der Waals surface area contributed by atoms with Gasteiger partial charge in [0, 0.05) is 26.2 Å². The van der Waals surface area contributed by atoms with Crippen LogP contribution in [0.1, 0.15) is 6.42 Å². The van der Waals surface area contributed by atoms with Gasteiger partial charge in [0.25, 0.3) is 5.69 Å². The Morgan fingerprint density at radius 1 is 1.38 bits per heavy atom. The van der Waals surface area contributed by atoms with E-state index in [2.05, 4.69) is 0 Å². The Hall–Kier alpha value is -1.69. The smallest absolute Gasteiger partial charge is 0.276 e. The summed E-state index contributed by atoms with van der Waals surface area (Å²) in [4.78, 5) is 9.78. The van der Waals surface area contributed by atoms with Gasteiger partial charge >= 0.3 is 0 Å². The SMILES string of the molecule is COCCCOc1cc(F)cc([N+](=O)[O-])c1. The fraction of sp³-hybridized carbons (Fsp3) is 0.400. The van der Waals surface area contributed by atoms with E-state index in [-0.39, 0.29) is 11.4 Å². The highest BCUT2D eigenvalue weighted by molar-refractivity contribution is 5.38. The standard InChI is InChI=1S/C10H12FNO4/c1-15-3-2-4-16-10-6-8(11)5-9(7-10)12(13)14/h5-7H,2-4H2,1H3. The Morgan fingerprint density at radius 3 is 2.75 bits per heavy atom. The molecule has 0 fully saturated rings. The second-order valence-electron chi connectivity index (χ2n) is 3.10. The number of nitro groups is 1. The van der Waals surface area contributed by atoms with Crippen molar-refractivity contribution in [2.45, 2.75) is 6.42 Å². The number of nitrogens with zero attached hydrogens (tertiary/aromatic N) is 1. The number of ether oxygens (including phenoxy) is 2. The third kappa shape index (κ3) is 3.82. The molecular weight excluding hydrogens is 217 g/mol. The molecule has 0 aromatic heterocycles. The van der Waals surface area contributed by atoms with Gasteiger partial charge in [0.05, 0.1) is 23.7 Å². The van der Waals surface area contributed by atoms with E-state index in [0.717, 1.165) is 12.1 Å². The first-order chi connectivity index (χ1) is 7.63. The van der Waals surface area contributed by atoms with Crippen molar-refractivity contribution in [2.75, 3.05) is 20.3 Å². The number of nitro benzene ring substituents is 1. The molecule has 16 heavy (non-hydrogen) atoms. The van der Waals surface area contributed by atoms with E-state index in [1.807, 2.05) is 0 Å². The van der Waals surface area contributed by atoms with Crippen molar-refractivity contribution in [2.24, 2.45) is 0 Å². The van der Waals surface area contributed by atoms with Gasteiger partial charge in [-0.2, -0.15) is 0 Å². The number of non-ortho nitro benzene ring substituents is 1. The van der Waals surface area contributed by atoms with E-state index >= 15 is 0 Å². The molecule has 6 heteroatoms. The van der Waals surface area contributed by atoms with Crippen molar-refractivity contribution in [3.05, 3.63) is 34.1 Å². The Labute approximate surface area is 91.9 Å². The molecule has 0 amide bonds. The lowest BCUT2D eigenvalue weighted by Gasteiger charge is -2.05. The minimum absolute atomic E-state index is 0.155. The zero-order chi connectivity index (χ0) is 12.0. The molecule has 0 aliphatic heterocycles. The number of benzene rings is 1. The summed E-state index contributed by atoms with van der Waals surface area (Å²) in [5.74, 6) is -0.529. The quantitative estimate of drug-likeness (QED) is 0.426.